The van der Waals surface area contributed by atoms with Crippen molar-refractivity contribution in [1.29, 1.82) is 0 Å². The van der Waals surface area contributed by atoms with Gasteiger partial charge in [0.25, 0.3) is 0 Å². The number of nitrogens with zero attached hydrogens (tertiary/aromatic N) is 1. The minimum absolute atomic E-state index is 0.0547. The molecule has 2 atom stereocenters. The van der Waals surface area contributed by atoms with Gasteiger partial charge in [0.15, 0.2) is 0 Å². The summed E-state index contributed by atoms with van der Waals surface area (Å²) in [5, 5.41) is 0. The summed E-state index contributed by atoms with van der Waals surface area (Å²) in [6.45, 7) is 13.0. The lowest BCUT2D eigenvalue weighted by molar-refractivity contribution is -0.0548. The van der Waals surface area contributed by atoms with Gasteiger partial charge in [-0.2, -0.15) is 4.31 Å². The molecule has 1 aliphatic rings. The highest BCUT2D eigenvalue weighted by atomic mass is 32.2. The molecule has 1 fully saturated rings. The van der Waals surface area contributed by atoms with Crippen LogP contribution in [0.4, 0.5) is 0 Å². The Kier molecular flexibility index (Phi) is 9.02. The zero-order chi connectivity index (χ0) is 21.5. The average Bonchev–Trinajstić information content (AvgIpc) is 3.06. The van der Waals surface area contributed by atoms with Crippen LogP contribution in [-0.2, 0) is 27.7 Å². The van der Waals surface area contributed by atoms with Crippen molar-refractivity contribution < 1.29 is 26.1 Å². The molecule has 1 heterocycles. The maximum absolute atomic E-state index is 13.1. The number of hydrogen-bond donors (Lipinski definition) is 0. The fourth-order valence-electron chi connectivity index (χ4n) is 3.38. The Bertz CT molecular complexity index is 738. The highest BCUT2D eigenvalue weighted by Gasteiger charge is 2.51. The van der Waals surface area contributed by atoms with E-state index in [1.54, 1.807) is 30.3 Å². The van der Waals surface area contributed by atoms with E-state index in [1.165, 1.54) is 4.31 Å². The van der Waals surface area contributed by atoms with Crippen LogP contribution in [0.2, 0.25) is 0 Å². The minimum Gasteiger partial charge on any atom is -0.351 e. The second-order valence-corrected chi connectivity index (χ2v) is 10.9. The summed E-state index contributed by atoms with van der Waals surface area (Å²) in [6, 6.07) is 6.88. The van der Waals surface area contributed by atoms with E-state index in [0.717, 1.165) is 5.56 Å². The lowest BCUT2D eigenvalue weighted by Crippen LogP contribution is -2.53. The lowest BCUT2D eigenvalue weighted by atomic mass is 10.0. The van der Waals surface area contributed by atoms with Crippen molar-refractivity contribution in [3.05, 3.63) is 42.5 Å². The first-order valence-corrected chi connectivity index (χ1v) is 13.2. The van der Waals surface area contributed by atoms with Crippen LogP contribution < -0.4 is 0 Å². The number of hydrogen-bond acceptors (Lipinski definition) is 6. The fourth-order valence-corrected chi connectivity index (χ4v) is 7.04. The first-order chi connectivity index (χ1) is 13.8. The zero-order valence-electron chi connectivity index (χ0n) is 17.8. The highest BCUT2D eigenvalue weighted by Crippen LogP contribution is 2.31. The van der Waals surface area contributed by atoms with Crippen molar-refractivity contribution in [3.63, 3.8) is 0 Å². The van der Waals surface area contributed by atoms with Gasteiger partial charge in [-0.25, -0.2) is 8.42 Å². The molecule has 0 radical (unpaired) electrons. The van der Waals surface area contributed by atoms with Crippen molar-refractivity contribution in [2.45, 2.75) is 45.1 Å². The second kappa shape index (κ2) is 10.8. The zero-order valence-corrected chi connectivity index (χ0v) is 19.6. The molecule has 0 unspecified atom stereocenters. The van der Waals surface area contributed by atoms with Gasteiger partial charge in [0, 0.05) is 38.8 Å². The Morgan fingerprint density at radius 1 is 1.07 bits per heavy atom. The average molecular weight is 444 g/mol. The van der Waals surface area contributed by atoms with Crippen LogP contribution >= 0.6 is 0 Å². The normalized spacial score (nSPS) is 20.8. The molecule has 1 aromatic carbocycles. The molecule has 7 nitrogen and oxygen atoms in total. The Labute approximate surface area is 176 Å². The standard InChI is InChI=1S/C20H33NO6SSi/c1-6-10-18-15-21(28(22,23)19-13-11-17(5)12-14-19)16-20(18)27-29(24-7-2,25-8-3)26-9-4/h6,11-14,18,20H,1,7-10,15-16H2,2-5H3/t18-,20+/m1/s1. The molecular formula is C20H33NO6SSi. The van der Waals surface area contributed by atoms with E-state index < -0.39 is 25.2 Å². The van der Waals surface area contributed by atoms with Gasteiger partial charge < -0.3 is 17.7 Å². The predicted molar refractivity (Wildman–Crippen MR) is 114 cm³/mol. The molecule has 2 rings (SSSR count). The number of aryl methyl sites for hydroxylation is 1. The topological polar surface area (TPSA) is 74.3 Å². The molecule has 164 valence electrons. The second-order valence-electron chi connectivity index (χ2n) is 6.87. The molecule has 1 aliphatic heterocycles. The third kappa shape index (κ3) is 5.97. The molecule has 0 aromatic heterocycles. The largest absolute Gasteiger partial charge is 0.679 e. The quantitative estimate of drug-likeness (QED) is 0.365. The fraction of sp³-hybridized carbons (Fsp3) is 0.600. The van der Waals surface area contributed by atoms with Crippen molar-refractivity contribution in [1.82, 2.24) is 4.31 Å². The summed E-state index contributed by atoms with van der Waals surface area (Å²) in [5.41, 5.74) is 1.01. The number of rotatable bonds is 12. The smallest absolute Gasteiger partial charge is 0.351 e. The van der Waals surface area contributed by atoms with E-state index in [9.17, 15) is 8.42 Å². The van der Waals surface area contributed by atoms with Gasteiger partial charge in [-0.15, -0.1) is 6.58 Å². The Morgan fingerprint density at radius 2 is 1.62 bits per heavy atom. The van der Waals surface area contributed by atoms with E-state index >= 15 is 0 Å². The van der Waals surface area contributed by atoms with Crippen molar-refractivity contribution >= 4 is 19.1 Å². The molecule has 0 N–H and O–H groups in total. The monoisotopic (exact) mass is 443 g/mol. The molecule has 0 spiro atoms. The Balaban J connectivity index is 2.27. The maximum Gasteiger partial charge on any atom is 0.679 e. The van der Waals surface area contributed by atoms with E-state index in [2.05, 4.69) is 6.58 Å². The SMILES string of the molecule is C=CC[C@@H]1CN(S(=O)(=O)c2ccc(C)cc2)C[C@@H]1O[Si](OCC)(OCC)OCC. The Hall–Kier alpha value is -1.07. The number of allylic oxidation sites excluding steroid dienone is 1. The van der Waals surface area contributed by atoms with Crippen molar-refractivity contribution in [2.24, 2.45) is 5.92 Å². The van der Waals surface area contributed by atoms with Gasteiger partial charge in [0.2, 0.25) is 10.0 Å². The van der Waals surface area contributed by atoms with Gasteiger partial charge >= 0.3 is 9.05 Å². The summed E-state index contributed by atoms with van der Waals surface area (Å²) >= 11 is 0. The summed E-state index contributed by atoms with van der Waals surface area (Å²) in [4.78, 5) is 0.282. The molecule has 0 bridgehead atoms. The van der Waals surface area contributed by atoms with Crippen molar-refractivity contribution in [3.8, 4) is 0 Å². The van der Waals surface area contributed by atoms with E-state index in [0.29, 0.717) is 32.8 Å². The number of benzene rings is 1. The van der Waals surface area contributed by atoms with Crippen molar-refractivity contribution in [2.75, 3.05) is 32.9 Å². The first-order valence-electron chi connectivity index (χ1n) is 10.1. The molecule has 1 aromatic rings. The van der Waals surface area contributed by atoms with Crippen LogP contribution in [0.1, 0.15) is 32.8 Å². The van der Waals surface area contributed by atoms with Gasteiger partial charge in [-0.05, 0) is 46.2 Å². The summed E-state index contributed by atoms with van der Waals surface area (Å²) < 4.78 is 51.4. The molecule has 0 amide bonds. The third-order valence-electron chi connectivity index (χ3n) is 4.73. The molecule has 0 aliphatic carbocycles. The maximum atomic E-state index is 13.1. The van der Waals surface area contributed by atoms with E-state index in [1.807, 2.05) is 27.7 Å². The molecule has 29 heavy (non-hydrogen) atoms. The van der Waals surface area contributed by atoms with Gasteiger partial charge in [0.1, 0.15) is 0 Å². The minimum atomic E-state index is -3.62. The molecule has 0 saturated carbocycles. The molecular weight excluding hydrogens is 410 g/mol. The van der Waals surface area contributed by atoms with Crippen LogP contribution in [0.25, 0.3) is 0 Å². The van der Waals surface area contributed by atoms with Crippen LogP contribution in [0.3, 0.4) is 0 Å². The number of sulfonamides is 1. The van der Waals surface area contributed by atoms with Crippen LogP contribution in [0.15, 0.2) is 41.8 Å². The molecule has 1 saturated heterocycles. The summed E-state index contributed by atoms with van der Waals surface area (Å²) in [6.07, 6.45) is 2.01. The lowest BCUT2D eigenvalue weighted by Gasteiger charge is -2.31. The molecule has 9 heteroatoms. The third-order valence-corrected chi connectivity index (χ3v) is 9.10. The Morgan fingerprint density at radius 3 is 2.10 bits per heavy atom. The van der Waals surface area contributed by atoms with E-state index in [-0.39, 0.29) is 17.4 Å². The van der Waals surface area contributed by atoms with Crippen LogP contribution in [0.5, 0.6) is 0 Å². The summed E-state index contributed by atoms with van der Waals surface area (Å²) in [5.74, 6) is -0.0547. The predicted octanol–water partition coefficient (Wildman–Crippen LogP) is 3.12. The van der Waals surface area contributed by atoms with Gasteiger partial charge in [-0.3, -0.25) is 0 Å². The van der Waals surface area contributed by atoms with Crippen LogP contribution in [-0.4, -0.2) is 60.8 Å². The summed E-state index contributed by atoms with van der Waals surface area (Å²) in [7, 11) is -6.98. The van der Waals surface area contributed by atoms with Gasteiger partial charge in [-0.1, -0.05) is 23.8 Å². The first kappa shape index (κ1) is 24.2. The highest BCUT2D eigenvalue weighted by molar-refractivity contribution is 7.89. The van der Waals surface area contributed by atoms with E-state index in [4.69, 9.17) is 17.7 Å². The van der Waals surface area contributed by atoms with Gasteiger partial charge in [0.05, 0.1) is 11.0 Å². The van der Waals surface area contributed by atoms with Crippen LogP contribution in [0, 0.1) is 12.8 Å².